The number of nitrogens with zero attached hydrogens (tertiary/aromatic N) is 1. The van der Waals surface area contributed by atoms with Crippen LogP contribution in [-0.2, 0) is 0 Å². The molecule has 1 aromatic rings. The summed E-state index contributed by atoms with van der Waals surface area (Å²) in [6.07, 6.45) is 3.42. The molecular weight excluding hydrogens is 306 g/mol. The van der Waals surface area contributed by atoms with E-state index in [2.05, 4.69) is 22.9 Å². The predicted octanol–water partition coefficient (Wildman–Crippen LogP) is 3.72. The van der Waals surface area contributed by atoms with Crippen LogP contribution in [0.15, 0.2) is 22.7 Å². The van der Waals surface area contributed by atoms with E-state index in [1.54, 1.807) is 7.11 Å². The zero-order valence-electron chi connectivity index (χ0n) is 11.5. The molecular formula is C15H20BrNO2. The molecule has 1 heterocycles. The van der Waals surface area contributed by atoms with E-state index in [-0.39, 0.29) is 5.91 Å². The van der Waals surface area contributed by atoms with Crippen molar-refractivity contribution in [2.75, 3.05) is 20.2 Å². The minimum atomic E-state index is 0.123. The van der Waals surface area contributed by atoms with Gasteiger partial charge in [-0.3, -0.25) is 4.79 Å². The van der Waals surface area contributed by atoms with E-state index >= 15 is 0 Å². The largest absolute Gasteiger partial charge is 0.496 e. The average Bonchev–Trinajstić information content (AvgIpc) is 2.62. The van der Waals surface area contributed by atoms with Crippen LogP contribution in [0.2, 0.25) is 0 Å². The lowest BCUT2D eigenvalue weighted by atomic mass is 10.0. The van der Waals surface area contributed by atoms with Gasteiger partial charge in [-0.25, -0.2) is 0 Å². The first-order valence-electron chi connectivity index (χ1n) is 6.74. The van der Waals surface area contributed by atoms with Crippen LogP contribution >= 0.6 is 15.9 Å². The Bertz CT molecular complexity index is 461. The summed E-state index contributed by atoms with van der Waals surface area (Å²) in [5, 5.41) is 0. The highest BCUT2D eigenvalue weighted by molar-refractivity contribution is 9.10. The fraction of sp³-hybridized carbons (Fsp3) is 0.533. The number of hydrogen-bond donors (Lipinski definition) is 0. The Morgan fingerprint density at radius 1 is 1.37 bits per heavy atom. The highest BCUT2D eigenvalue weighted by atomic mass is 79.9. The van der Waals surface area contributed by atoms with Crippen molar-refractivity contribution in [2.24, 2.45) is 5.92 Å². The molecule has 1 unspecified atom stereocenters. The van der Waals surface area contributed by atoms with Crippen molar-refractivity contribution in [1.82, 2.24) is 4.90 Å². The van der Waals surface area contributed by atoms with Gasteiger partial charge in [-0.05, 0) is 59.3 Å². The smallest absolute Gasteiger partial charge is 0.253 e. The molecule has 1 aliphatic rings. The van der Waals surface area contributed by atoms with Crippen molar-refractivity contribution in [3.63, 3.8) is 0 Å². The number of ether oxygens (including phenoxy) is 1. The lowest BCUT2D eigenvalue weighted by Gasteiger charge is -2.20. The van der Waals surface area contributed by atoms with Gasteiger partial charge in [0.2, 0.25) is 0 Å². The van der Waals surface area contributed by atoms with Crippen LogP contribution in [0.1, 0.15) is 36.5 Å². The quantitative estimate of drug-likeness (QED) is 0.829. The van der Waals surface area contributed by atoms with Crippen molar-refractivity contribution in [1.29, 1.82) is 0 Å². The summed E-state index contributed by atoms with van der Waals surface area (Å²) >= 11 is 3.43. The van der Waals surface area contributed by atoms with Crippen molar-refractivity contribution in [3.05, 3.63) is 28.2 Å². The fourth-order valence-electron chi connectivity index (χ4n) is 2.45. The van der Waals surface area contributed by atoms with Gasteiger partial charge in [0.05, 0.1) is 11.6 Å². The molecule has 1 aromatic carbocycles. The third-order valence-electron chi connectivity index (χ3n) is 3.70. The summed E-state index contributed by atoms with van der Waals surface area (Å²) in [5.74, 6) is 1.60. The standard InChI is InChI=1S/C15H20BrNO2/c1-11-4-3-8-17(9-7-11)15(18)12-5-6-14(19-2)13(16)10-12/h5-6,10-11H,3-4,7-9H2,1-2H3. The lowest BCUT2D eigenvalue weighted by molar-refractivity contribution is 0.0760. The van der Waals surface area contributed by atoms with Crippen LogP contribution in [0.25, 0.3) is 0 Å². The highest BCUT2D eigenvalue weighted by Gasteiger charge is 2.20. The maximum absolute atomic E-state index is 12.5. The molecule has 0 N–H and O–H groups in total. The van der Waals surface area contributed by atoms with Crippen molar-refractivity contribution in [3.8, 4) is 5.75 Å². The molecule has 3 nitrogen and oxygen atoms in total. The molecule has 1 aliphatic heterocycles. The molecule has 104 valence electrons. The van der Waals surface area contributed by atoms with Gasteiger partial charge in [-0.15, -0.1) is 0 Å². The molecule has 4 heteroatoms. The molecule has 0 saturated carbocycles. The zero-order valence-corrected chi connectivity index (χ0v) is 13.1. The van der Waals surface area contributed by atoms with Gasteiger partial charge in [0, 0.05) is 18.7 Å². The number of benzene rings is 1. The molecule has 2 rings (SSSR count). The SMILES string of the molecule is COc1ccc(C(=O)N2CCCC(C)CC2)cc1Br. The predicted molar refractivity (Wildman–Crippen MR) is 79.6 cm³/mol. The monoisotopic (exact) mass is 325 g/mol. The molecule has 0 spiro atoms. The molecule has 1 atom stereocenters. The summed E-state index contributed by atoms with van der Waals surface area (Å²) in [5.41, 5.74) is 0.724. The van der Waals surface area contributed by atoms with Crippen molar-refractivity contribution in [2.45, 2.75) is 26.2 Å². The normalized spacial score (nSPS) is 19.9. The van der Waals surface area contributed by atoms with Crippen LogP contribution in [0.4, 0.5) is 0 Å². The van der Waals surface area contributed by atoms with Gasteiger partial charge >= 0.3 is 0 Å². The minimum absolute atomic E-state index is 0.123. The number of amides is 1. The summed E-state index contributed by atoms with van der Waals surface area (Å²) in [4.78, 5) is 14.4. The Morgan fingerprint density at radius 2 is 2.16 bits per heavy atom. The second-order valence-corrected chi connectivity index (χ2v) is 6.03. The molecule has 0 aliphatic carbocycles. The van der Waals surface area contributed by atoms with Crippen LogP contribution in [0.3, 0.4) is 0 Å². The van der Waals surface area contributed by atoms with Gasteiger partial charge in [0.25, 0.3) is 5.91 Å². The topological polar surface area (TPSA) is 29.5 Å². The first kappa shape index (κ1) is 14.4. The van der Waals surface area contributed by atoms with E-state index in [0.29, 0.717) is 0 Å². The van der Waals surface area contributed by atoms with Gasteiger partial charge in [0.1, 0.15) is 5.75 Å². The van der Waals surface area contributed by atoms with E-state index in [0.717, 1.165) is 47.6 Å². The Balaban J connectivity index is 2.12. The number of rotatable bonds is 2. The minimum Gasteiger partial charge on any atom is -0.496 e. The van der Waals surface area contributed by atoms with E-state index < -0.39 is 0 Å². The van der Waals surface area contributed by atoms with Crippen molar-refractivity contribution >= 4 is 21.8 Å². The third kappa shape index (κ3) is 3.50. The van der Waals surface area contributed by atoms with Gasteiger partial charge in [0.15, 0.2) is 0 Å². The Morgan fingerprint density at radius 3 is 2.84 bits per heavy atom. The third-order valence-corrected chi connectivity index (χ3v) is 4.32. The maximum atomic E-state index is 12.5. The second kappa shape index (κ2) is 6.42. The number of methoxy groups -OCH3 is 1. The molecule has 0 radical (unpaired) electrons. The Hall–Kier alpha value is -1.03. The van der Waals surface area contributed by atoms with Gasteiger partial charge < -0.3 is 9.64 Å². The van der Waals surface area contributed by atoms with Crippen LogP contribution in [0.5, 0.6) is 5.75 Å². The highest BCUT2D eigenvalue weighted by Crippen LogP contribution is 2.26. The Kier molecular flexibility index (Phi) is 4.86. The van der Waals surface area contributed by atoms with Crippen LogP contribution < -0.4 is 4.74 Å². The number of likely N-dealkylation sites (tertiary alicyclic amines) is 1. The second-order valence-electron chi connectivity index (χ2n) is 5.18. The first-order valence-corrected chi connectivity index (χ1v) is 7.54. The molecule has 1 saturated heterocycles. The van der Waals surface area contributed by atoms with E-state index in [4.69, 9.17) is 4.74 Å². The van der Waals surface area contributed by atoms with Gasteiger partial charge in [-0.2, -0.15) is 0 Å². The fourth-order valence-corrected chi connectivity index (χ4v) is 2.99. The summed E-state index contributed by atoms with van der Waals surface area (Å²) in [7, 11) is 1.62. The van der Waals surface area contributed by atoms with Crippen LogP contribution in [0, 0.1) is 5.92 Å². The van der Waals surface area contributed by atoms with Crippen LogP contribution in [-0.4, -0.2) is 31.0 Å². The molecule has 1 fully saturated rings. The zero-order chi connectivity index (χ0) is 13.8. The van der Waals surface area contributed by atoms with E-state index in [1.807, 2.05) is 23.1 Å². The number of carbonyl (C=O) groups excluding carboxylic acids is 1. The molecule has 0 aromatic heterocycles. The molecule has 19 heavy (non-hydrogen) atoms. The summed E-state index contributed by atoms with van der Waals surface area (Å²) < 4.78 is 6.01. The van der Waals surface area contributed by atoms with E-state index in [1.165, 1.54) is 6.42 Å². The first-order chi connectivity index (χ1) is 9.11. The average molecular weight is 326 g/mol. The number of hydrogen-bond acceptors (Lipinski definition) is 2. The molecule has 1 amide bonds. The summed E-state index contributed by atoms with van der Waals surface area (Å²) in [6.45, 7) is 3.99. The molecule has 0 bridgehead atoms. The maximum Gasteiger partial charge on any atom is 0.253 e. The number of carbonyl (C=O) groups is 1. The number of halogens is 1. The summed E-state index contributed by atoms with van der Waals surface area (Å²) in [6, 6.07) is 5.51. The lowest BCUT2D eigenvalue weighted by Crippen LogP contribution is -2.31. The van der Waals surface area contributed by atoms with Gasteiger partial charge in [-0.1, -0.05) is 6.92 Å². The Labute approximate surface area is 123 Å². The van der Waals surface area contributed by atoms with E-state index in [9.17, 15) is 4.79 Å². The van der Waals surface area contributed by atoms with Crippen molar-refractivity contribution < 1.29 is 9.53 Å².